The van der Waals surface area contributed by atoms with Crippen LogP contribution in [0.4, 0.5) is 4.79 Å². The number of benzene rings is 1. The van der Waals surface area contributed by atoms with Crippen LogP contribution in [0.15, 0.2) is 41.7 Å². The number of nitrogens with zero attached hydrogens (tertiary/aromatic N) is 5. The Morgan fingerprint density at radius 1 is 0.971 bits per heavy atom. The van der Waals surface area contributed by atoms with E-state index >= 15 is 0 Å². The van der Waals surface area contributed by atoms with Crippen LogP contribution in [0.2, 0.25) is 0 Å². The molecule has 0 spiro atoms. The molecule has 0 N–H and O–H groups in total. The van der Waals surface area contributed by atoms with Crippen molar-refractivity contribution in [3.05, 3.63) is 36.8 Å². The molecule has 1 saturated carbocycles. The fourth-order valence-corrected chi connectivity index (χ4v) is 5.28. The first-order valence-corrected chi connectivity index (χ1v) is 13.9. The minimum absolute atomic E-state index is 0.0543. The molecule has 3 aromatic rings. The molecule has 2 fully saturated rings. The molecule has 10 nitrogen and oxygen atoms in total. The molecule has 11 heteroatoms. The number of rotatable bonds is 5. The van der Waals surface area contributed by atoms with E-state index in [2.05, 4.69) is 15.1 Å². The van der Waals surface area contributed by atoms with Gasteiger partial charge in [0.05, 0.1) is 16.8 Å². The number of fused-ring (bicyclic) bond motifs is 1. The number of aromatic nitrogens is 4. The molecule has 186 valence electrons. The number of amides is 1. The Kier molecular flexibility index (Phi) is 6.59. The van der Waals surface area contributed by atoms with E-state index in [1.807, 2.05) is 0 Å². The lowest BCUT2D eigenvalue weighted by atomic mass is 9.98. The predicted molar refractivity (Wildman–Crippen MR) is 128 cm³/mol. The Balaban J connectivity index is 1.24. The second-order valence-electron chi connectivity index (χ2n) is 9.19. The first-order valence-electron chi connectivity index (χ1n) is 12.0. The van der Waals surface area contributed by atoms with Crippen molar-refractivity contribution in [2.45, 2.75) is 62.0 Å². The SMILES string of the molecule is CS(=O)(=O)c1ccc(-n2ncc3c(OC4CCN(C(=O)OC5CCCCC5)CC4)ncnc32)cc1. The van der Waals surface area contributed by atoms with Gasteiger partial charge in [-0.2, -0.15) is 5.10 Å². The van der Waals surface area contributed by atoms with Gasteiger partial charge in [0.25, 0.3) is 0 Å². The number of carbonyl (C=O) groups excluding carboxylic acids is 1. The number of hydrogen-bond donors (Lipinski definition) is 0. The Bertz CT molecular complexity index is 1290. The predicted octanol–water partition coefficient (Wildman–Crippen LogP) is 3.53. The molecule has 0 radical (unpaired) electrons. The van der Waals surface area contributed by atoms with E-state index < -0.39 is 9.84 Å². The Hall–Kier alpha value is -3.21. The molecule has 3 heterocycles. The van der Waals surface area contributed by atoms with Crippen LogP contribution < -0.4 is 4.74 Å². The molecular weight excluding hydrogens is 470 g/mol. The molecule has 5 rings (SSSR count). The zero-order valence-electron chi connectivity index (χ0n) is 19.7. The van der Waals surface area contributed by atoms with Crippen molar-refractivity contribution in [3.63, 3.8) is 0 Å². The van der Waals surface area contributed by atoms with Crippen molar-refractivity contribution in [2.75, 3.05) is 19.3 Å². The zero-order chi connectivity index (χ0) is 24.4. The van der Waals surface area contributed by atoms with Gasteiger partial charge in [0, 0.05) is 32.2 Å². The van der Waals surface area contributed by atoms with Gasteiger partial charge in [-0.25, -0.2) is 27.9 Å². The summed E-state index contributed by atoms with van der Waals surface area (Å²) in [6.45, 7) is 1.16. The van der Waals surface area contributed by atoms with Gasteiger partial charge in [-0.15, -0.1) is 0 Å². The summed E-state index contributed by atoms with van der Waals surface area (Å²) in [6, 6.07) is 6.47. The summed E-state index contributed by atoms with van der Waals surface area (Å²) in [6.07, 6.45) is 10.8. The maximum Gasteiger partial charge on any atom is 0.410 e. The molecule has 2 aliphatic rings. The third-order valence-corrected chi connectivity index (χ3v) is 7.77. The number of sulfone groups is 1. The topological polar surface area (TPSA) is 117 Å². The Labute approximate surface area is 204 Å². The molecule has 0 atom stereocenters. The van der Waals surface area contributed by atoms with Gasteiger partial charge in [-0.05, 0) is 49.9 Å². The molecule has 0 unspecified atom stereocenters. The highest BCUT2D eigenvalue weighted by Crippen LogP contribution is 2.27. The second kappa shape index (κ2) is 9.80. The van der Waals surface area contributed by atoms with E-state index in [1.54, 1.807) is 40.0 Å². The molecule has 1 aliphatic heterocycles. The first-order chi connectivity index (χ1) is 16.9. The van der Waals surface area contributed by atoms with Crippen LogP contribution >= 0.6 is 0 Å². The number of hydrogen-bond acceptors (Lipinski definition) is 8. The van der Waals surface area contributed by atoms with Gasteiger partial charge in [-0.1, -0.05) is 6.42 Å². The molecule has 2 aromatic heterocycles. The van der Waals surface area contributed by atoms with Crippen LogP contribution in [0.25, 0.3) is 16.7 Å². The van der Waals surface area contributed by atoms with Crippen molar-refractivity contribution < 1.29 is 22.7 Å². The van der Waals surface area contributed by atoms with Gasteiger partial charge >= 0.3 is 6.09 Å². The van der Waals surface area contributed by atoms with Crippen LogP contribution in [0.1, 0.15) is 44.9 Å². The summed E-state index contributed by atoms with van der Waals surface area (Å²) in [7, 11) is -3.28. The Morgan fingerprint density at radius 2 is 1.69 bits per heavy atom. The molecule has 0 bridgehead atoms. The van der Waals surface area contributed by atoms with Crippen LogP contribution in [-0.4, -0.2) is 70.7 Å². The summed E-state index contributed by atoms with van der Waals surface area (Å²) in [4.78, 5) is 23.2. The number of likely N-dealkylation sites (tertiary alicyclic amines) is 1. The van der Waals surface area contributed by atoms with E-state index in [9.17, 15) is 13.2 Å². The summed E-state index contributed by atoms with van der Waals surface area (Å²) in [5, 5.41) is 5.08. The molecular formula is C24H29N5O5S. The maximum absolute atomic E-state index is 12.5. The van der Waals surface area contributed by atoms with Crippen LogP contribution in [-0.2, 0) is 14.6 Å². The molecule has 1 aromatic carbocycles. The van der Waals surface area contributed by atoms with Crippen molar-refractivity contribution in [2.24, 2.45) is 0 Å². The fourth-order valence-electron chi connectivity index (χ4n) is 4.65. The zero-order valence-corrected chi connectivity index (χ0v) is 20.5. The third kappa shape index (κ3) is 5.24. The fraction of sp³-hybridized carbons (Fsp3) is 0.500. The van der Waals surface area contributed by atoms with Gasteiger partial charge in [0.15, 0.2) is 15.5 Å². The van der Waals surface area contributed by atoms with Crippen molar-refractivity contribution in [3.8, 4) is 11.6 Å². The minimum Gasteiger partial charge on any atom is -0.474 e. The van der Waals surface area contributed by atoms with E-state index in [0.29, 0.717) is 48.5 Å². The van der Waals surface area contributed by atoms with Gasteiger partial charge < -0.3 is 14.4 Å². The third-order valence-electron chi connectivity index (χ3n) is 6.64. The summed E-state index contributed by atoms with van der Waals surface area (Å²) < 4.78 is 37.0. The average Bonchev–Trinajstić information content (AvgIpc) is 3.30. The van der Waals surface area contributed by atoms with Crippen LogP contribution in [0, 0.1) is 0 Å². The van der Waals surface area contributed by atoms with Crippen molar-refractivity contribution in [1.29, 1.82) is 0 Å². The monoisotopic (exact) mass is 499 g/mol. The van der Waals surface area contributed by atoms with E-state index in [1.165, 1.54) is 19.0 Å². The second-order valence-corrected chi connectivity index (χ2v) is 11.2. The summed E-state index contributed by atoms with van der Waals surface area (Å²) in [5.74, 6) is 0.442. The lowest BCUT2D eigenvalue weighted by Crippen LogP contribution is -2.43. The maximum atomic E-state index is 12.5. The summed E-state index contributed by atoms with van der Waals surface area (Å²) in [5.41, 5.74) is 1.25. The Morgan fingerprint density at radius 3 is 2.37 bits per heavy atom. The molecule has 35 heavy (non-hydrogen) atoms. The van der Waals surface area contributed by atoms with Gasteiger partial charge in [0.2, 0.25) is 5.88 Å². The van der Waals surface area contributed by atoms with Crippen molar-refractivity contribution in [1.82, 2.24) is 24.6 Å². The first kappa shape index (κ1) is 23.5. The standard InChI is InChI=1S/C24H29N5O5S/c1-35(31,32)20-9-7-17(8-10-20)29-22-21(15-27-29)23(26-16-25-22)33-19-11-13-28(14-12-19)24(30)34-18-5-3-2-4-6-18/h7-10,15-16,18-19H,2-6,11-14H2,1H3. The van der Waals surface area contributed by atoms with E-state index in [4.69, 9.17) is 9.47 Å². The van der Waals surface area contributed by atoms with Gasteiger partial charge in [-0.3, -0.25) is 0 Å². The van der Waals surface area contributed by atoms with Crippen molar-refractivity contribution >= 4 is 27.0 Å². The largest absolute Gasteiger partial charge is 0.474 e. The number of ether oxygens (including phenoxy) is 2. The average molecular weight is 500 g/mol. The minimum atomic E-state index is -3.28. The lowest BCUT2D eigenvalue weighted by Gasteiger charge is -2.33. The quantitative estimate of drug-likeness (QED) is 0.523. The van der Waals surface area contributed by atoms with Crippen LogP contribution in [0.3, 0.4) is 0 Å². The molecule has 1 amide bonds. The number of piperidine rings is 1. The normalized spacial score (nSPS) is 18.0. The highest BCUT2D eigenvalue weighted by Gasteiger charge is 2.28. The summed E-state index contributed by atoms with van der Waals surface area (Å²) >= 11 is 0. The number of carbonyl (C=O) groups is 1. The molecule has 1 aliphatic carbocycles. The highest BCUT2D eigenvalue weighted by atomic mass is 32.2. The highest BCUT2D eigenvalue weighted by molar-refractivity contribution is 7.90. The molecule has 1 saturated heterocycles. The lowest BCUT2D eigenvalue weighted by molar-refractivity contribution is 0.0296. The van der Waals surface area contributed by atoms with E-state index in [-0.39, 0.29) is 23.2 Å². The van der Waals surface area contributed by atoms with Gasteiger partial charge in [0.1, 0.15) is 23.9 Å². The van der Waals surface area contributed by atoms with Crippen LogP contribution in [0.5, 0.6) is 5.88 Å². The van der Waals surface area contributed by atoms with E-state index in [0.717, 1.165) is 25.7 Å². The smallest absolute Gasteiger partial charge is 0.410 e.